The Morgan fingerprint density at radius 3 is 2.64 bits per heavy atom. The molecule has 0 bridgehead atoms. The smallest absolute Gasteiger partial charge is 0.231 e. The Hall–Kier alpha value is -2.52. The first-order valence-electron chi connectivity index (χ1n) is 9.60. The minimum atomic E-state index is -0.0154. The van der Waals surface area contributed by atoms with E-state index in [9.17, 15) is 4.79 Å². The van der Waals surface area contributed by atoms with Crippen molar-refractivity contribution in [3.8, 4) is 11.9 Å². The molecule has 1 aromatic heterocycles. The minimum absolute atomic E-state index is 0.0154. The summed E-state index contributed by atoms with van der Waals surface area (Å²) in [4.78, 5) is 19.9. The van der Waals surface area contributed by atoms with Gasteiger partial charge in [0.05, 0.1) is 6.42 Å². The number of likely N-dealkylation sites (tertiary alicyclic amines) is 1. The molecule has 1 saturated heterocycles. The molecule has 146 valence electrons. The number of benzene rings is 1. The lowest BCUT2D eigenvalue weighted by Crippen LogP contribution is -2.42. The molecule has 1 aliphatic rings. The highest BCUT2D eigenvalue weighted by Crippen LogP contribution is 2.24. The number of ether oxygens (including phenoxy) is 1. The third-order valence-corrected chi connectivity index (χ3v) is 5.63. The number of nitrogens with zero attached hydrogens (tertiary/aromatic N) is 3. The lowest BCUT2D eigenvalue weighted by molar-refractivity contribution is -0.132. The van der Waals surface area contributed by atoms with E-state index in [1.807, 2.05) is 28.8 Å². The number of rotatable bonds is 6. The molecule has 0 aliphatic carbocycles. The van der Waals surface area contributed by atoms with Crippen molar-refractivity contribution in [2.24, 2.45) is 0 Å². The molecule has 1 aromatic carbocycles. The van der Waals surface area contributed by atoms with E-state index in [0.717, 1.165) is 18.4 Å². The summed E-state index contributed by atoms with van der Waals surface area (Å²) in [5.74, 6) is 0.535. The van der Waals surface area contributed by atoms with Crippen LogP contribution in [0.15, 0.2) is 47.5 Å². The molecule has 2 aromatic rings. The molecule has 3 rings (SSSR count). The van der Waals surface area contributed by atoms with Gasteiger partial charge in [-0.3, -0.25) is 4.79 Å². The fraction of sp³-hybridized carbons (Fsp3) is 0.409. The highest BCUT2D eigenvalue weighted by Gasteiger charge is 2.24. The van der Waals surface area contributed by atoms with Crippen LogP contribution in [0, 0.1) is 11.3 Å². The number of nitriles is 1. The van der Waals surface area contributed by atoms with Crippen LogP contribution >= 0.6 is 11.8 Å². The third-order valence-electron chi connectivity index (χ3n) is 4.62. The van der Waals surface area contributed by atoms with Gasteiger partial charge in [-0.05, 0) is 29.8 Å². The number of pyridine rings is 1. The number of amides is 1. The molecule has 6 heteroatoms. The molecule has 1 fully saturated rings. The highest BCUT2D eigenvalue weighted by atomic mass is 32.2. The standard InChI is InChI=1S/C22H25N3O2S/c1-16(2)28-20-7-5-17(6-8-20)14-21(26)25-12-9-19(10-13-25)27-22-18(15-23)4-3-11-24-22/h3-8,11,16,19H,9-10,12-14H2,1-2H3. The van der Waals surface area contributed by atoms with Crippen molar-refractivity contribution in [2.45, 2.75) is 49.4 Å². The minimum Gasteiger partial charge on any atom is -0.473 e. The molecule has 0 spiro atoms. The topological polar surface area (TPSA) is 66.2 Å². The molecular formula is C22H25N3O2S. The van der Waals surface area contributed by atoms with Crippen LogP contribution < -0.4 is 4.74 Å². The fourth-order valence-electron chi connectivity index (χ4n) is 3.20. The first kappa shape index (κ1) is 20.2. The van der Waals surface area contributed by atoms with Crippen molar-refractivity contribution >= 4 is 17.7 Å². The molecule has 0 N–H and O–H groups in total. The van der Waals surface area contributed by atoms with Crippen molar-refractivity contribution in [3.63, 3.8) is 0 Å². The molecule has 0 atom stereocenters. The van der Waals surface area contributed by atoms with Gasteiger partial charge < -0.3 is 9.64 Å². The van der Waals surface area contributed by atoms with Gasteiger partial charge in [-0.1, -0.05) is 26.0 Å². The average molecular weight is 396 g/mol. The SMILES string of the molecule is CC(C)Sc1ccc(CC(=O)N2CCC(Oc3ncccc3C#N)CC2)cc1. The summed E-state index contributed by atoms with van der Waals surface area (Å²) in [6, 6.07) is 13.8. The number of aromatic nitrogens is 1. The Balaban J connectivity index is 1.49. The molecule has 1 amide bonds. The third kappa shape index (κ3) is 5.49. The first-order chi connectivity index (χ1) is 13.5. The van der Waals surface area contributed by atoms with Gasteiger partial charge in [-0.15, -0.1) is 11.8 Å². The normalized spacial score (nSPS) is 14.7. The van der Waals surface area contributed by atoms with Gasteiger partial charge >= 0.3 is 0 Å². The van der Waals surface area contributed by atoms with Crippen LogP contribution in [0.4, 0.5) is 0 Å². The molecule has 0 radical (unpaired) electrons. The number of hydrogen-bond acceptors (Lipinski definition) is 5. The van der Waals surface area contributed by atoms with E-state index in [2.05, 4.69) is 37.0 Å². The fourth-order valence-corrected chi connectivity index (χ4v) is 4.03. The second-order valence-electron chi connectivity index (χ2n) is 7.15. The van der Waals surface area contributed by atoms with Gasteiger partial charge in [0, 0.05) is 42.3 Å². The van der Waals surface area contributed by atoms with E-state index in [4.69, 9.17) is 10.00 Å². The van der Waals surface area contributed by atoms with E-state index in [1.165, 1.54) is 4.90 Å². The Bertz CT molecular complexity index is 838. The van der Waals surface area contributed by atoms with Crippen molar-refractivity contribution in [3.05, 3.63) is 53.7 Å². The molecule has 2 heterocycles. The zero-order valence-corrected chi connectivity index (χ0v) is 17.1. The zero-order chi connectivity index (χ0) is 19.9. The summed E-state index contributed by atoms with van der Waals surface area (Å²) < 4.78 is 5.89. The molecule has 0 saturated carbocycles. The maximum absolute atomic E-state index is 12.6. The molecule has 28 heavy (non-hydrogen) atoms. The second-order valence-corrected chi connectivity index (χ2v) is 8.80. The van der Waals surface area contributed by atoms with Gasteiger partial charge in [0.1, 0.15) is 17.7 Å². The number of carbonyl (C=O) groups excluding carboxylic acids is 1. The van der Waals surface area contributed by atoms with Gasteiger partial charge in [-0.25, -0.2) is 4.98 Å². The summed E-state index contributed by atoms with van der Waals surface area (Å²) in [5, 5.41) is 9.69. The van der Waals surface area contributed by atoms with Crippen molar-refractivity contribution < 1.29 is 9.53 Å². The maximum atomic E-state index is 12.6. The van der Waals surface area contributed by atoms with Gasteiger partial charge in [0.2, 0.25) is 11.8 Å². The Morgan fingerprint density at radius 1 is 1.29 bits per heavy atom. The highest BCUT2D eigenvalue weighted by molar-refractivity contribution is 7.99. The van der Waals surface area contributed by atoms with Crippen molar-refractivity contribution in [1.82, 2.24) is 9.88 Å². The average Bonchev–Trinajstić information content (AvgIpc) is 2.70. The number of piperidine rings is 1. The van der Waals surface area contributed by atoms with Crippen LogP contribution in [-0.4, -0.2) is 40.2 Å². The second kappa shape index (κ2) is 9.61. The Labute approximate surface area is 170 Å². The van der Waals surface area contributed by atoms with E-state index in [1.54, 1.807) is 18.3 Å². The largest absolute Gasteiger partial charge is 0.473 e. The molecule has 0 unspecified atom stereocenters. The van der Waals surface area contributed by atoms with E-state index in [0.29, 0.717) is 36.2 Å². The summed E-state index contributed by atoms with van der Waals surface area (Å²) in [5.41, 5.74) is 1.49. The number of thioether (sulfide) groups is 1. The van der Waals surface area contributed by atoms with Crippen LogP contribution in [0.1, 0.15) is 37.8 Å². The van der Waals surface area contributed by atoms with Crippen LogP contribution in [0.2, 0.25) is 0 Å². The summed E-state index contributed by atoms with van der Waals surface area (Å²) in [7, 11) is 0. The summed E-state index contributed by atoms with van der Waals surface area (Å²) >= 11 is 1.82. The predicted molar refractivity (Wildman–Crippen MR) is 110 cm³/mol. The van der Waals surface area contributed by atoms with Crippen molar-refractivity contribution in [2.75, 3.05) is 13.1 Å². The summed E-state index contributed by atoms with van der Waals surface area (Å²) in [6.45, 7) is 5.67. The molecular weight excluding hydrogens is 370 g/mol. The Kier molecular flexibility index (Phi) is 6.94. The zero-order valence-electron chi connectivity index (χ0n) is 16.3. The quantitative estimate of drug-likeness (QED) is 0.690. The lowest BCUT2D eigenvalue weighted by atomic mass is 10.1. The summed E-state index contributed by atoms with van der Waals surface area (Å²) in [6.07, 6.45) is 3.53. The Morgan fingerprint density at radius 2 is 2.00 bits per heavy atom. The maximum Gasteiger partial charge on any atom is 0.231 e. The lowest BCUT2D eigenvalue weighted by Gasteiger charge is -2.32. The number of hydrogen-bond donors (Lipinski definition) is 0. The van der Waals surface area contributed by atoms with Gasteiger partial charge in [0.25, 0.3) is 0 Å². The van der Waals surface area contributed by atoms with E-state index in [-0.39, 0.29) is 12.0 Å². The van der Waals surface area contributed by atoms with Gasteiger partial charge in [0.15, 0.2) is 0 Å². The van der Waals surface area contributed by atoms with Gasteiger partial charge in [-0.2, -0.15) is 5.26 Å². The monoisotopic (exact) mass is 395 g/mol. The van der Waals surface area contributed by atoms with E-state index < -0.39 is 0 Å². The van der Waals surface area contributed by atoms with E-state index >= 15 is 0 Å². The molecule has 5 nitrogen and oxygen atoms in total. The predicted octanol–water partition coefficient (Wildman–Crippen LogP) is 4.07. The van der Waals surface area contributed by atoms with Crippen LogP contribution in [0.25, 0.3) is 0 Å². The van der Waals surface area contributed by atoms with Crippen LogP contribution in [0.3, 0.4) is 0 Å². The van der Waals surface area contributed by atoms with Crippen LogP contribution in [-0.2, 0) is 11.2 Å². The first-order valence-corrected chi connectivity index (χ1v) is 10.5. The van der Waals surface area contributed by atoms with Crippen LogP contribution in [0.5, 0.6) is 5.88 Å². The van der Waals surface area contributed by atoms with Crippen molar-refractivity contribution in [1.29, 1.82) is 5.26 Å². The molecule has 1 aliphatic heterocycles. The number of carbonyl (C=O) groups is 1.